The van der Waals surface area contributed by atoms with Gasteiger partial charge in [0.05, 0.1) is 5.02 Å². The van der Waals surface area contributed by atoms with Gasteiger partial charge in [-0.25, -0.2) is 4.39 Å². The Balaban J connectivity index is 2.26. The van der Waals surface area contributed by atoms with Gasteiger partial charge in [0, 0.05) is 11.3 Å². The smallest absolute Gasteiger partial charge is 0.255 e. The van der Waals surface area contributed by atoms with E-state index in [1.54, 1.807) is 6.07 Å². The minimum atomic E-state index is -0.508. The van der Waals surface area contributed by atoms with Crippen LogP contribution in [0.3, 0.4) is 0 Å². The van der Waals surface area contributed by atoms with Crippen LogP contribution in [0.25, 0.3) is 0 Å². The molecule has 0 aliphatic carbocycles. The second-order valence-electron chi connectivity index (χ2n) is 4.33. The van der Waals surface area contributed by atoms with E-state index in [2.05, 4.69) is 5.32 Å². The number of carbonyl (C=O) groups excluding carboxylic acids is 1. The van der Waals surface area contributed by atoms with Gasteiger partial charge in [0.15, 0.2) is 0 Å². The zero-order valence-electron chi connectivity index (χ0n) is 10.6. The Morgan fingerprint density at radius 3 is 2.63 bits per heavy atom. The molecule has 0 saturated carbocycles. The first-order valence-electron chi connectivity index (χ1n) is 5.81. The van der Waals surface area contributed by atoms with Crippen molar-refractivity contribution in [1.82, 2.24) is 0 Å². The van der Waals surface area contributed by atoms with Crippen molar-refractivity contribution in [3.63, 3.8) is 0 Å². The molecule has 0 heterocycles. The molecule has 4 heteroatoms. The molecule has 2 rings (SSSR count). The fraction of sp³-hybridized carbons (Fsp3) is 0.133. The van der Waals surface area contributed by atoms with E-state index in [9.17, 15) is 9.18 Å². The predicted molar refractivity (Wildman–Crippen MR) is 75.3 cm³/mol. The maximum Gasteiger partial charge on any atom is 0.255 e. The monoisotopic (exact) mass is 277 g/mol. The molecule has 0 spiro atoms. The lowest BCUT2D eigenvalue weighted by Gasteiger charge is -2.09. The van der Waals surface area contributed by atoms with Crippen LogP contribution in [0.1, 0.15) is 21.5 Å². The number of nitrogens with one attached hydrogen (secondary N) is 1. The quantitative estimate of drug-likeness (QED) is 0.869. The molecule has 1 amide bonds. The Bertz CT molecular complexity index is 640. The number of rotatable bonds is 2. The van der Waals surface area contributed by atoms with E-state index in [4.69, 9.17) is 11.6 Å². The second kappa shape index (κ2) is 5.41. The molecular weight excluding hydrogens is 265 g/mol. The molecule has 0 aliphatic rings. The summed E-state index contributed by atoms with van der Waals surface area (Å²) in [5.74, 6) is -0.740. The molecule has 0 aromatic heterocycles. The molecule has 0 saturated heterocycles. The lowest BCUT2D eigenvalue weighted by atomic mass is 10.0. The molecule has 0 unspecified atom stereocenters. The van der Waals surface area contributed by atoms with Crippen molar-refractivity contribution in [3.05, 3.63) is 63.9 Å². The predicted octanol–water partition coefficient (Wildman–Crippen LogP) is 4.35. The fourth-order valence-electron chi connectivity index (χ4n) is 1.77. The van der Waals surface area contributed by atoms with Crippen LogP contribution in [0.2, 0.25) is 5.02 Å². The van der Waals surface area contributed by atoms with E-state index in [0.717, 1.165) is 11.1 Å². The van der Waals surface area contributed by atoms with E-state index in [-0.39, 0.29) is 10.9 Å². The van der Waals surface area contributed by atoms with Gasteiger partial charge in [-0.1, -0.05) is 23.7 Å². The van der Waals surface area contributed by atoms with Crippen LogP contribution in [-0.2, 0) is 0 Å². The van der Waals surface area contributed by atoms with Crippen molar-refractivity contribution < 1.29 is 9.18 Å². The fourth-order valence-corrected chi connectivity index (χ4v) is 1.95. The van der Waals surface area contributed by atoms with Crippen LogP contribution in [0.5, 0.6) is 0 Å². The maximum atomic E-state index is 13.0. The Kier molecular flexibility index (Phi) is 3.86. The standard InChI is InChI=1S/C15H13ClFNO/c1-9-4-3-5-12(10(9)2)15(19)18-11-6-7-14(17)13(16)8-11/h3-8H,1-2H3,(H,18,19). The van der Waals surface area contributed by atoms with E-state index < -0.39 is 5.82 Å². The van der Waals surface area contributed by atoms with Crippen molar-refractivity contribution in [2.45, 2.75) is 13.8 Å². The van der Waals surface area contributed by atoms with Gasteiger partial charge in [-0.2, -0.15) is 0 Å². The summed E-state index contributed by atoms with van der Waals surface area (Å²) in [6.07, 6.45) is 0. The van der Waals surface area contributed by atoms with E-state index in [1.165, 1.54) is 18.2 Å². The highest BCUT2D eigenvalue weighted by atomic mass is 35.5. The number of hydrogen-bond donors (Lipinski definition) is 1. The highest BCUT2D eigenvalue weighted by Crippen LogP contribution is 2.21. The van der Waals surface area contributed by atoms with E-state index >= 15 is 0 Å². The summed E-state index contributed by atoms with van der Waals surface area (Å²) in [5, 5.41) is 2.69. The number of halogens is 2. The third kappa shape index (κ3) is 2.93. The minimum Gasteiger partial charge on any atom is -0.322 e. The van der Waals surface area contributed by atoms with Crippen molar-refractivity contribution >= 4 is 23.2 Å². The summed E-state index contributed by atoms with van der Waals surface area (Å²) >= 11 is 5.67. The molecule has 2 aromatic rings. The molecule has 1 N–H and O–H groups in total. The molecule has 0 radical (unpaired) electrons. The van der Waals surface area contributed by atoms with Crippen LogP contribution in [0, 0.1) is 19.7 Å². The van der Waals surface area contributed by atoms with Gasteiger partial charge < -0.3 is 5.32 Å². The number of benzene rings is 2. The van der Waals surface area contributed by atoms with E-state index in [1.807, 2.05) is 26.0 Å². The van der Waals surface area contributed by atoms with Gasteiger partial charge in [-0.15, -0.1) is 0 Å². The molecular formula is C15H13ClFNO. The number of hydrogen-bond acceptors (Lipinski definition) is 1. The lowest BCUT2D eigenvalue weighted by molar-refractivity contribution is 0.102. The minimum absolute atomic E-state index is 0.0150. The first-order valence-corrected chi connectivity index (χ1v) is 6.19. The largest absolute Gasteiger partial charge is 0.322 e. The molecule has 0 bridgehead atoms. The Morgan fingerprint density at radius 2 is 1.95 bits per heavy atom. The van der Waals surface area contributed by atoms with Crippen LogP contribution in [-0.4, -0.2) is 5.91 Å². The van der Waals surface area contributed by atoms with Gasteiger partial charge in [0.25, 0.3) is 5.91 Å². The number of aryl methyl sites for hydroxylation is 1. The van der Waals surface area contributed by atoms with Gasteiger partial charge in [0.1, 0.15) is 5.82 Å². The maximum absolute atomic E-state index is 13.0. The lowest BCUT2D eigenvalue weighted by Crippen LogP contribution is -2.13. The Labute approximate surface area is 116 Å². The van der Waals surface area contributed by atoms with Gasteiger partial charge in [-0.05, 0) is 49.2 Å². The molecule has 0 atom stereocenters. The van der Waals surface area contributed by atoms with Gasteiger partial charge >= 0.3 is 0 Å². The van der Waals surface area contributed by atoms with Gasteiger partial charge in [-0.3, -0.25) is 4.79 Å². The summed E-state index contributed by atoms with van der Waals surface area (Å²) in [6.45, 7) is 3.84. The number of anilines is 1. The highest BCUT2D eigenvalue weighted by Gasteiger charge is 2.11. The third-order valence-corrected chi connectivity index (χ3v) is 3.32. The molecule has 98 valence electrons. The topological polar surface area (TPSA) is 29.1 Å². The SMILES string of the molecule is Cc1cccc(C(=O)Nc2ccc(F)c(Cl)c2)c1C. The van der Waals surface area contributed by atoms with Crippen molar-refractivity contribution in [3.8, 4) is 0 Å². The molecule has 0 fully saturated rings. The van der Waals surface area contributed by atoms with Crippen LogP contribution in [0.4, 0.5) is 10.1 Å². The summed E-state index contributed by atoms with van der Waals surface area (Å²) < 4.78 is 13.0. The highest BCUT2D eigenvalue weighted by molar-refractivity contribution is 6.31. The van der Waals surface area contributed by atoms with E-state index in [0.29, 0.717) is 11.3 Å². The molecule has 2 aromatic carbocycles. The summed E-state index contributed by atoms with van der Waals surface area (Å²) in [6, 6.07) is 9.61. The van der Waals surface area contributed by atoms with Crippen molar-refractivity contribution in [2.75, 3.05) is 5.32 Å². The Morgan fingerprint density at radius 1 is 1.21 bits per heavy atom. The third-order valence-electron chi connectivity index (χ3n) is 3.03. The van der Waals surface area contributed by atoms with Crippen LogP contribution >= 0.6 is 11.6 Å². The molecule has 0 aliphatic heterocycles. The van der Waals surface area contributed by atoms with Crippen molar-refractivity contribution in [1.29, 1.82) is 0 Å². The average Bonchev–Trinajstić information content (AvgIpc) is 2.37. The first kappa shape index (κ1) is 13.6. The second-order valence-corrected chi connectivity index (χ2v) is 4.74. The summed E-state index contributed by atoms with van der Waals surface area (Å²) in [5.41, 5.74) is 3.04. The van der Waals surface area contributed by atoms with Crippen LogP contribution < -0.4 is 5.32 Å². The summed E-state index contributed by atoms with van der Waals surface area (Å²) in [7, 11) is 0. The number of carbonyl (C=O) groups is 1. The molecule has 2 nitrogen and oxygen atoms in total. The Hall–Kier alpha value is -1.87. The normalized spacial score (nSPS) is 10.3. The first-order chi connectivity index (χ1) is 8.99. The zero-order valence-corrected chi connectivity index (χ0v) is 11.4. The number of amides is 1. The average molecular weight is 278 g/mol. The zero-order chi connectivity index (χ0) is 14.0. The summed E-state index contributed by atoms with van der Waals surface area (Å²) in [4.78, 5) is 12.1. The molecule has 19 heavy (non-hydrogen) atoms. The van der Waals surface area contributed by atoms with Gasteiger partial charge in [0.2, 0.25) is 0 Å². The van der Waals surface area contributed by atoms with Crippen LogP contribution in [0.15, 0.2) is 36.4 Å². The van der Waals surface area contributed by atoms with Crippen molar-refractivity contribution in [2.24, 2.45) is 0 Å².